The molecule has 0 spiro atoms. The van der Waals surface area contributed by atoms with E-state index in [0.717, 1.165) is 0 Å². The van der Waals surface area contributed by atoms with Crippen molar-refractivity contribution in [3.05, 3.63) is 27.7 Å². The molecule has 0 atom stereocenters. The maximum absolute atomic E-state index is 11.9. The molecular formula is C13H19NO4. The van der Waals surface area contributed by atoms with Crippen molar-refractivity contribution in [3.8, 4) is 5.75 Å². The lowest BCUT2D eigenvalue weighted by molar-refractivity contribution is 0.0518. The van der Waals surface area contributed by atoms with E-state index in [9.17, 15) is 9.59 Å². The molecule has 5 nitrogen and oxygen atoms in total. The number of aromatic nitrogens is 1. The Hall–Kier alpha value is -1.78. The first-order chi connectivity index (χ1) is 8.31. The number of carbonyl (C=O) groups is 1. The number of carbonyl (C=O) groups excluding carboxylic acids is 1. The first-order valence-corrected chi connectivity index (χ1v) is 5.80. The van der Waals surface area contributed by atoms with Gasteiger partial charge in [0.25, 0.3) is 0 Å². The van der Waals surface area contributed by atoms with Crippen LogP contribution in [0.1, 0.15) is 43.9 Å². The monoisotopic (exact) mass is 253 g/mol. The van der Waals surface area contributed by atoms with Gasteiger partial charge in [-0.25, -0.2) is 4.79 Å². The maximum atomic E-state index is 11.9. The standard InChI is InChI=1S/C13H19NO4/c1-6-18-12(16)8-7-9(15)10(17-5)11(14-8)13(2,3)4/h7H,6H2,1-5H3,(H,14,15). The highest BCUT2D eigenvalue weighted by Gasteiger charge is 2.24. The van der Waals surface area contributed by atoms with Gasteiger partial charge in [-0.2, -0.15) is 0 Å². The molecule has 100 valence electrons. The Labute approximate surface area is 106 Å². The summed E-state index contributed by atoms with van der Waals surface area (Å²) in [6.45, 7) is 7.75. The van der Waals surface area contributed by atoms with Gasteiger partial charge in [0.1, 0.15) is 5.69 Å². The molecule has 0 saturated heterocycles. The molecule has 1 aromatic rings. The summed E-state index contributed by atoms with van der Waals surface area (Å²) in [7, 11) is 1.43. The highest BCUT2D eigenvalue weighted by atomic mass is 16.5. The van der Waals surface area contributed by atoms with Crippen LogP contribution in [-0.2, 0) is 10.2 Å². The fourth-order valence-corrected chi connectivity index (χ4v) is 1.60. The van der Waals surface area contributed by atoms with Crippen LogP contribution in [-0.4, -0.2) is 24.7 Å². The van der Waals surface area contributed by atoms with Gasteiger partial charge in [0.2, 0.25) is 5.43 Å². The van der Waals surface area contributed by atoms with Gasteiger partial charge in [-0.3, -0.25) is 4.79 Å². The number of esters is 1. The number of hydrogen-bond acceptors (Lipinski definition) is 4. The molecule has 0 aliphatic heterocycles. The Bertz CT molecular complexity index is 497. The van der Waals surface area contributed by atoms with Crippen LogP contribution >= 0.6 is 0 Å². The van der Waals surface area contributed by atoms with Crippen LogP contribution < -0.4 is 10.2 Å². The zero-order valence-corrected chi connectivity index (χ0v) is 11.4. The second-order valence-electron chi connectivity index (χ2n) is 4.93. The first kappa shape index (κ1) is 14.3. The first-order valence-electron chi connectivity index (χ1n) is 5.80. The Morgan fingerprint density at radius 1 is 1.39 bits per heavy atom. The Balaban J connectivity index is 3.40. The van der Waals surface area contributed by atoms with Crippen molar-refractivity contribution in [2.75, 3.05) is 13.7 Å². The molecule has 0 amide bonds. The highest BCUT2D eigenvalue weighted by Crippen LogP contribution is 2.26. The predicted octanol–water partition coefficient (Wildman–Crippen LogP) is 1.86. The minimum atomic E-state index is -0.539. The second-order valence-corrected chi connectivity index (χ2v) is 4.93. The number of nitrogens with one attached hydrogen (secondary N) is 1. The largest absolute Gasteiger partial charge is 0.491 e. The van der Waals surface area contributed by atoms with E-state index in [1.807, 2.05) is 20.8 Å². The summed E-state index contributed by atoms with van der Waals surface area (Å²) in [5, 5.41) is 0. The third kappa shape index (κ3) is 2.91. The van der Waals surface area contributed by atoms with E-state index >= 15 is 0 Å². The number of hydrogen-bond donors (Lipinski definition) is 1. The third-order valence-corrected chi connectivity index (χ3v) is 2.44. The summed E-state index contributed by atoms with van der Waals surface area (Å²) in [5.41, 5.74) is 0.0601. The lowest BCUT2D eigenvalue weighted by atomic mass is 9.90. The van der Waals surface area contributed by atoms with E-state index in [0.29, 0.717) is 5.69 Å². The molecule has 1 rings (SSSR count). The second kappa shape index (κ2) is 5.25. The molecule has 0 radical (unpaired) electrons. The minimum Gasteiger partial charge on any atom is -0.491 e. The molecule has 0 aliphatic carbocycles. The molecule has 0 aromatic carbocycles. The highest BCUT2D eigenvalue weighted by molar-refractivity contribution is 5.87. The summed E-state index contributed by atoms with van der Waals surface area (Å²) in [6, 6.07) is 1.20. The average Bonchev–Trinajstić information content (AvgIpc) is 2.27. The molecule has 18 heavy (non-hydrogen) atoms. The minimum absolute atomic E-state index is 0.146. The van der Waals surface area contributed by atoms with Gasteiger partial charge in [-0.05, 0) is 6.92 Å². The molecular weight excluding hydrogens is 234 g/mol. The number of H-pyrrole nitrogens is 1. The molecule has 0 fully saturated rings. The fourth-order valence-electron chi connectivity index (χ4n) is 1.60. The molecule has 1 aromatic heterocycles. The number of rotatable bonds is 3. The van der Waals surface area contributed by atoms with Crippen molar-refractivity contribution in [3.63, 3.8) is 0 Å². The third-order valence-electron chi connectivity index (χ3n) is 2.44. The van der Waals surface area contributed by atoms with Gasteiger partial charge in [-0.1, -0.05) is 20.8 Å². The predicted molar refractivity (Wildman–Crippen MR) is 68.3 cm³/mol. The van der Waals surface area contributed by atoms with E-state index in [-0.39, 0.29) is 28.9 Å². The topological polar surface area (TPSA) is 68.4 Å². The molecule has 0 bridgehead atoms. The molecule has 0 unspecified atom stereocenters. The van der Waals surface area contributed by atoms with E-state index in [2.05, 4.69) is 4.98 Å². The maximum Gasteiger partial charge on any atom is 0.354 e. The average molecular weight is 253 g/mol. The van der Waals surface area contributed by atoms with E-state index in [1.54, 1.807) is 6.92 Å². The number of methoxy groups -OCH3 is 1. The van der Waals surface area contributed by atoms with Gasteiger partial charge in [0.15, 0.2) is 5.75 Å². The summed E-state index contributed by atoms with van der Waals surface area (Å²) in [4.78, 5) is 26.5. The Kier molecular flexibility index (Phi) is 4.16. The summed E-state index contributed by atoms with van der Waals surface area (Å²) in [5.74, 6) is -0.307. The van der Waals surface area contributed by atoms with Crippen LogP contribution in [0.25, 0.3) is 0 Å². The van der Waals surface area contributed by atoms with Crippen LogP contribution in [0.5, 0.6) is 5.75 Å². The lowest BCUT2D eigenvalue weighted by Gasteiger charge is -2.21. The van der Waals surface area contributed by atoms with Gasteiger partial charge in [-0.15, -0.1) is 0 Å². The Morgan fingerprint density at radius 3 is 2.44 bits per heavy atom. The quantitative estimate of drug-likeness (QED) is 0.835. The van der Waals surface area contributed by atoms with Crippen LogP contribution in [0.3, 0.4) is 0 Å². The van der Waals surface area contributed by atoms with Crippen molar-refractivity contribution in [2.24, 2.45) is 0 Å². The van der Waals surface area contributed by atoms with Gasteiger partial charge in [0.05, 0.1) is 19.4 Å². The van der Waals surface area contributed by atoms with E-state index in [1.165, 1.54) is 13.2 Å². The zero-order chi connectivity index (χ0) is 13.9. The SMILES string of the molecule is CCOC(=O)c1cc(=O)c(OC)c(C(C)(C)C)[nH]1. The van der Waals surface area contributed by atoms with Crippen molar-refractivity contribution >= 4 is 5.97 Å². The zero-order valence-electron chi connectivity index (χ0n) is 11.4. The number of pyridine rings is 1. The van der Waals surface area contributed by atoms with Gasteiger partial charge in [0, 0.05) is 11.5 Å². The smallest absolute Gasteiger partial charge is 0.354 e. The van der Waals surface area contributed by atoms with Crippen molar-refractivity contribution in [1.82, 2.24) is 4.98 Å². The van der Waals surface area contributed by atoms with E-state index in [4.69, 9.17) is 9.47 Å². The molecule has 0 saturated carbocycles. The van der Waals surface area contributed by atoms with Crippen LogP contribution in [0.15, 0.2) is 10.9 Å². The number of ether oxygens (including phenoxy) is 2. The van der Waals surface area contributed by atoms with Crippen molar-refractivity contribution in [2.45, 2.75) is 33.1 Å². The molecule has 1 heterocycles. The van der Waals surface area contributed by atoms with Crippen LogP contribution in [0.2, 0.25) is 0 Å². The summed E-state index contributed by atoms with van der Waals surface area (Å²) in [6.07, 6.45) is 0. The number of aromatic amines is 1. The summed E-state index contributed by atoms with van der Waals surface area (Å²) < 4.78 is 9.98. The lowest BCUT2D eigenvalue weighted by Crippen LogP contribution is -2.23. The van der Waals surface area contributed by atoms with E-state index < -0.39 is 5.97 Å². The van der Waals surface area contributed by atoms with Gasteiger partial charge < -0.3 is 14.5 Å². The molecule has 0 aliphatic rings. The molecule has 5 heteroatoms. The normalized spacial score (nSPS) is 11.2. The van der Waals surface area contributed by atoms with Crippen molar-refractivity contribution in [1.29, 1.82) is 0 Å². The van der Waals surface area contributed by atoms with Gasteiger partial charge >= 0.3 is 5.97 Å². The molecule has 1 N–H and O–H groups in total. The Morgan fingerprint density at radius 2 is 2.00 bits per heavy atom. The van der Waals surface area contributed by atoms with Crippen LogP contribution in [0.4, 0.5) is 0 Å². The van der Waals surface area contributed by atoms with Crippen LogP contribution in [0, 0.1) is 0 Å². The van der Waals surface area contributed by atoms with Crippen molar-refractivity contribution < 1.29 is 14.3 Å². The fraction of sp³-hybridized carbons (Fsp3) is 0.538. The summed E-state index contributed by atoms with van der Waals surface area (Å²) >= 11 is 0.